The highest BCUT2D eigenvalue weighted by atomic mass is 31.2. The molecule has 94 heavy (non-hydrogen) atoms. The molecule has 0 heterocycles. The van der Waals surface area contributed by atoms with Crippen molar-refractivity contribution in [2.24, 2.45) is 5.92 Å². The molecule has 0 saturated carbocycles. The van der Waals surface area contributed by atoms with Crippen LogP contribution in [0.4, 0.5) is 0 Å². The minimum atomic E-state index is -4.95. The van der Waals surface area contributed by atoms with Crippen molar-refractivity contribution in [2.75, 3.05) is 39.6 Å². The summed E-state index contributed by atoms with van der Waals surface area (Å²) in [6.45, 7) is 7.24. The highest BCUT2D eigenvalue weighted by molar-refractivity contribution is 7.47. The molecule has 0 bridgehead atoms. The number of hydrogen-bond donors (Lipinski definition) is 3. The molecule has 0 aliphatic rings. The van der Waals surface area contributed by atoms with Gasteiger partial charge in [0.2, 0.25) is 0 Å². The maximum absolute atomic E-state index is 13.1. The smallest absolute Gasteiger partial charge is 0.462 e. The van der Waals surface area contributed by atoms with E-state index in [1.54, 1.807) is 0 Å². The van der Waals surface area contributed by atoms with Crippen LogP contribution in [-0.2, 0) is 65.4 Å². The first kappa shape index (κ1) is 92.1. The van der Waals surface area contributed by atoms with Crippen molar-refractivity contribution in [3.8, 4) is 0 Å². The molecule has 0 spiro atoms. The molecule has 3 N–H and O–H groups in total. The fourth-order valence-corrected chi connectivity index (χ4v) is 13.1. The standard InChI is InChI=1S/C75H146O17P2/c1-6-9-12-15-17-19-21-23-27-32-36-40-44-49-54-59-73(78)86-65-71(92-75(80)61-56-51-46-42-38-34-30-26-25-29-31-35-39-43-48-52-57-68(4)5)67-90-94(83,84)88-63-69(76)62-87-93(81,82)89-66-70(64-85-72(77)58-53-47-14-11-8-3)91-74(79)60-55-50-45-41-37-33-28-24-22-20-18-16-13-10-7-2/h68-71,76H,6-67H2,1-5H3,(H,81,82)(H,83,84)/t69-,70+,71+/m0/s1. The van der Waals surface area contributed by atoms with Crippen LogP contribution in [0, 0.1) is 5.92 Å². The van der Waals surface area contributed by atoms with Crippen LogP contribution < -0.4 is 0 Å². The highest BCUT2D eigenvalue weighted by Gasteiger charge is 2.30. The van der Waals surface area contributed by atoms with Gasteiger partial charge in [-0.15, -0.1) is 0 Å². The number of phosphoric ester groups is 2. The van der Waals surface area contributed by atoms with E-state index in [0.29, 0.717) is 25.7 Å². The van der Waals surface area contributed by atoms with E-state index in [4.69, 9.17) is 37.0 Å². The zero-order valence-electron chi connectivity index (χ0n) is 61.1. The normalized spacial score (nSPS) is 14.0. The van der Waals surface area contributed by atoms with Crippen LogP contribution in [0.25, 0.3) is 0 Å². The minimum Gasteiger partial charge on any atom is -0.462 e. The molecule has 2 unspecified atom stereocenters. The van der Waals surface area contributed by atoms with Gasteiger partial charge in [-0.3, -0.25) is 37.3 Å². The van der Waals surface area contributed by atoms with Gasteiger partial charge in [-0.25, -0.2) is 9.13 Å². The summed E-state index contributed by atoms with van der Waals surface area (Å²) in [6, 6.07) is 0. The largest absolute Gasteiger partial charge is 0.472 e. The molecule has 0 radical (unpaired) electrons. The number of hydrogen-bond acceptors (Lipinski definition) is 15. The first-order chi connectivity index (χ1) is 45.5. The molecule has 0 fully saturated rings. The second kappa shape index (κ2) is 68.2. The maximum atomic E-state index is 13.1. The Kier molecular flexibility index (Phi) is 66.8. The molecule has 0 amide bonds. The van der Waals surface area contributed by atoms with Gasteiger partial charge in [0, 0.05) is 25.7 Å². The van der Waals surface area contributed by atoms with E-state index < -0.39 is 97.5 Å². The summed E-state index contributed by atoms with van der Waals surface area (Å²) in [5, 5.41) is 10.6. The number of carbonyl (C=O) groups excluding carboxylic acids is 4. The molecule has 0 aliphatic heterocycles. The number of carbonyl (C=O) groups is 4. The zero-order chi connectivity index (χ0) is 69.1. The maximum Gasteiger partial charge on any atom is 0.472 e. The van der Waals surface area contributed by atoms with E-state index in [2.05, 4.69) is 34.6 Å². The summed E-state index contributed by atoms with van der Waals surface area (Å²) in [5.74, 6) is -1.32. The topological polar surface area (TPSA) is 237 Å². The summed E-state index contributed by atoms with van der Waals surface area (Å²) in [5.41, 5.74) is 0. The molecule has 0 aromatic rings. The third kappa shape index (κ3) is 68.6. The van der Waals surface area contributed by atoms with Crippen molar-refractivity contribution in [1.29, 1.82) is 0 Å². The van der Waals surface area contributed by atoms with Crippen LogP contribution in [0.3, 0.4) is 0 Å². The molecule has 5 atom stereocenters. The van der Waals surface area contributed by atoms with Gasteiger partial charge >= 0.3 is 39.5 Å². The molecule has 558 valence electrons. The van der Waals surface area contributed by atoms with Crippen LogP contribution in [0.15, 0.2) is 0 Å². The van der Waals surface area contributed by atoms with Gasteiger partial charge in [0.25, 0.3) is 0 Å². The number of esters is 4. The predicted molar refractivity (Wildman–Crippen MR) is 382 cm³/mol. The molecule has 0 aromatic heterocycles. The van der Waals surface area contributed by atoms with Crippen LogP contribution >= 0.6 is 15.6 Å². The van der Waals surface area contributed by atoms with Gasteiger partial charge < -0.3 is 33.8 Å². The molecule has 0 rings (SSSR count). The number of unbranched alkanes of at least 4 members (excludes halogenated alkanes) is 47. The lowest BCUT2D eigenvalue weighted by Gasteiger charge is -2.21. The first-order valence-electron chi connectivity index (χ1n) is 39.1. The fourth-order valence-electron chi connectivity index (χ4n) is 11.5. The monoisotopic (exact) mass is 1380 g/mol. The predicted octanol–water partition coefficient (Wildman–Crippen LogP) is 22.1. The van der Waals surface area contributed by atoms with Crippen molar-refractivity contribution in [2.45, 2.75) is 412 Å². The van der Waals surface area contributed by atoms with Gasteiger partial charge in [0.1, 0.15) is 19.3 Å². The Bertz CT molecular complexity index is 1810. The van der Waals surface area contributed by atoms with Crippen LogP contribution in [0.1, 0.15) is 394 Å². The van der Waals surface area contributed by atoms with E-state index in [-0.39, 0.29) is 25.7 Å². The molecule has 0 saturated heterocycles. The summed E-state index contributed by atoms with van der Waals surface area (Å²) >= 11 is 0. The Morgan fingerprint density at radius 3 is 0.723 bits per heavy atom. The van der Waals surface area contributed by atoms with E-state index in [0.717, 1.165) is 102 Å². The van der Waals surface area contributed by atoms with Crippen molar-refractivity contribution in [3.63, 3.8) is 0 Å². The zero-order valence-corrected chi connectivity index (χ0v) is 62.9. The third-order valence-electron chi connectivity index (χ3n) is 17.5. The second-order valence-corrected chi connectivity index (χ2v) is 30.4. The number of phosphoric acid groups is 2. The van der Waals surface area contributed by atoms with Gasteiger partial charge in [-0.1, -0.05) is 343 Å². The lowest BCUT2D eigenvalue weighted by molar-refractivity contribution is -0.161. The number of rotatable bonds is 75. The molecule has 19 heteroatoms. The van der Waals surface area contributed by atoms with Crippen molar-refractivity contribution in [3.05, 3.63) is 0 Å². The van der Waals surface area contributed by atoms with Gasteiger partial charge in [-0.05, 0) is 31.6 Å². The average Bonchev–Trinajstić information content (AvgIpc) is 1.52. The highest BCUT2D eigenvalue weighted by Crippen LogP contribution is 2.45. The molecule has 0 aromatic carbocycles. The van der Waals surface area contributed by atoms with E-state index in [1.165, 1.54) is 212 Å². The van der Waals surface area contributed by atoms with Crippen LogP contribution in [0.5, 0.6) is 0 Å². The summed E-state index contributed by atoms with van der Waals surface area (Å²) < 4.78 is 68.3. The Morgan fingerprint density at radius 1 is 0.287 bits per heavy atom. The molecular weight excluding hydrogens is 1230 g/mol. The second-order valence-electron chi connectivity index (χ2n) is 27.5. The van der Waals surface area contributed by atoms with E-state index in [1.807, 2.05) is 0 Å². The lowest BCUT2D eigenvalue weighted by Crippen LogP contribution is -2.30. The van der Waals surface area contributed by atoms with Crippen LogP contribution in [-0.4, -0.2) is 96.7 Å². The molecule has 0 aliphatic carbocycles. The van der Waals surface area contributed by atoms with E-state index >= 15 is 0 Å². The average molecular weight is 1380 g/mol. The Balaban J connectivity index is 5.13. The lowest BCUT2D eigenvalue weighted by atomic mass is 10.0. The summed E-state index contributed by atoms with van der Waals surface area (Å²) in [7, 11) is -9.90. The molecular formula is C75H146O17P2. The third-order valence-corrected chi connectivity index (χ3v) is 19.4. The van der Waals surface area contributed by atoms with Crippen molar-refractivity contribution >= 4 is 39.5 Å². The Labute approximate surface area is 575 Å². The van der Waals surface area contributed by atoms with E-state index in [9.17, 15) is 43.2 Å². The van der Waals surface area contributed by atoms with Crippen molar-refractivity contribution < 1.29 is 80.2 Å². The first-order valence-corrected chi connectivity index (χ1v) is 42.1. The quantitative estimate of drug-likeness (QED) is 0.0222. The van der Waals surface area contributed by atoms with Crippen LogP contribution in [0.2, 0.25) is 0 Å². The van der Waals surface area contributed by atoms with Gasteiger partial charge in [0.05, 0.1) is 26.4 Å². The Hall–Kier alpha value is -1.94. The Morgan fingerprint density at radius 2 is 0.489 bits per heavy atom. The van der Waals surface area contributed by atoms with Crippen molar-refractivity contribution in [1.82, 2.24) is 0 Å². The number of aliphatic hydroxyl groups is 1. The number of ether oxygens (including phenoxy) is 4. The summed E-state index contributed by atoms with van der Waals surface area (Å²) in [4.78, 5) is 72.5. The molecule has 17 nitrogen and oxygen atoms in total. The summed E-state index contributed by atoms with van der Waals surface area (Å²) in [6.07, 6.45) is 57.2. The SMILES string of the molecule is CCCCCCCCCCCCCCCCCC(=O)OC[C@H](COP(=O)(O)OC[C@@H](O)COP(=O)(O)OC[C@@H](COC(=O)CCCCCCC)OC(=O)CCCCCCCCCCCCCCCCC)OC(=O)CCCCCCCCCCCCCCCCCCC(C)C. The fraction of sp³-hybridized carbons (Fsp3) is 0.947. The number of aliphatic hydroxyl groups excluding tert-OH is 1. The minimum absolute atomic E-state index is 0.107. The van der Waals surface area contributed by atoms with Gasteiger partial charge in [-0.2, -0.15) is 0 Å². The van der Waals surface area contributed by atoms with Gasteiger partial charge in [0.15, 0.2) is 12.2 Å².